The Morgan fingerprint density at radius 1 is 1.29 bits per heavy atom. The van der Waals surface area contributed by atoms with Crippen molar-refractivity contribution < 1.29 is 14.1 Å². The molecule has 5 rings (SSSR count). The van der Waals surface area contributed by atoms with E-state index in [1.54, 1.807) is 0 Å². The van der Waals surface area contributed by atoms with Gasteiger partial charge in [0.15, 0.2) is 5.82 Å². The van der Waals surface area contributed by atoms with E-state index in [1.165, 1.54) is 0 Å². The predicted octanol–water partition coefficient (Wildman–Crippen LogP) is 4.02. The molecule has 2 aromatic rings. The zero-order valence-electron chi connectivity index (χ0n) is 20.7. The van der Waals surface area contributed by atoms with E-state index in [1.807, 2.05) is 23.1 Å². The summed E-state index contributed by atoms with van der Waals surface area (Å²) in [6.45, 7) is 8.27. The van der Waals surface area contributed by atoms with Crippen LogP contribution in [-0.4, -0.2) is 59.3 Å². The van der Waals surface area contributed by atoms with Crippen molar-refractivity contribution in [2.75, 3.05) is 37.7 Å². The summed E-state index contributed by atoms with van der Waals surface area (Å²) in [5.74, 6) is 2.90. The van der Waals surface area contributed by atoms with E-state index < -0.39 is 0 Å². The van der Waals surface area contributed by atoms with Crippen LogP contribution in [0.2, 0.25) is 5.02 Å². The maximum Gasteiger partial charge on any atom is 0.324 e. The van der Waals surface area contributed by atoms with E-state index in [4.69, 9.17) is 26.6 Å². The second kappa shape index (κ2) is 9.97. The number of aromatic nitrogens is 2. The largest absolute Gasteiger partial charge is 0.494 e. The second-order valence-corrected chi connectivity index (χ2v) is 11.1. The minimum absolute atomic E-state index is 0.0912. The first-order valence-electron chi connectivity index (χ1n) is 12.9. The van der Waals surface area contributed by atoms with Gasteiger partial charge in [-0.15, -0.1) is 0 Å². The maximum absolute atomic E-state index is 12.2. The first kappa shape index (κ1) is 24.4. The number of nitrogens with zero attached hydrogens (tertiary/aromatic N) is 4. The highest BCUT2D eigenvalue weighted by molar-refractivity contribution is 6.31. The third kappa shape index (κ3) is 5.28. The topological polar surface area (TPSA) is 97.7 Å². The lowest BCUT2D eigenvalue weighted by molar-refractivity contribution is -0.133. The van der Waals surface area contributed by atoms with Gasteiger partial charge in [-0.1, -0.05) is 36.7 Å². The second-order valence-electron chi connectivity index (χ2n) is 10.7. The molecule has 1 aromatic carbocycles. The van der Waals surface area contributed by atoms with E-state index >= 15 is 0 Å². The van der Waals surface area contributed by atoms with Crippen LogP contribution in [0.4, 0.5) is 6.01 Å². The van der Waals surface area contributed by atoms with Gasteiger partial charge in [-0.3, -0.25) is 4.79 Å². The standard InChI is InChI=1S/C26H36ClN5O3/c1-17(2)24-29-25(35-30-24)32-11-6-19(7-12-32)26(28)16-20(26)8-13-34-21-5-4-18(22(27)15-21)14-23(33)31-9-3-10-31/h4-5,15,17,19-20H,3,6-14,16,28H2,1-2H3. The highest BCUT2D eigenvalue weighted by Crippen LogP contribution is 2.52. The summed E-state index contributed by atoms with van der Waals surface area (Å²) in [5, 5.41) is 4.67. The first-order chi connectivity index (χ1) is 16.8. The summed E-state index contributed by atoms with van der Waals surface area (Å²) < 4.78 is 11.4. The van der Waals surface area contributed by atoms with E-state index in [-0.39, 0.29) is 17.4 Å². The third-order valence-corrected chi connectivity index (χ3v) is 8.33. The van der Waals surface area contributed by atoms with Gasteiger partial charge in [-0.05, 0) is 61.6 Å². The minimum atomic E-state index is -0.0912. The van der Waals surface area contributed by atoms with Crippen LogP contribution in [0.15, 0.2) is 22.7 Å². The molecule has 2 saturated heterocycles. The zero-order valence-corrected chi connectivity index (χ0v) is 21.5. The number of likely N-dealkylation sites (tertiary alicyclic amines) is 1. The molecular weight excluding hydrogens is 466 g/mol. The molecule has 1 aromatic heterocycles. The van der Waals surface area contributed by atoms with Crippen LogP contribution in [0.1, 0.15) is 63.3 Å². The van der Waals surface area contributed by atoms with Crippen molar-refractivity contribution in [3.05, 3.63) is 34.6 Å². The van der Waals surface area contributed by atoms with Crippen molar-refractivity contribution in [2.45, 2.75) is 63.8 Å². The fourth-order valence-electron chi connectivity index (χ4n) is 5.36. The maximum atomic E-state index is 12.2. The molecular formula is C26H36ClN5O3. The summed E-state index contributed by atoms with van der Waals surface area (Å²) in [6.07, 6.45) is 5.51. The van der Waals surface area contributed by atoms with Crippen molar-refractivity contribution in [2.24, 2.45) is 17.6 Å². The lowest BCUT2D eigenvalue weighted by Gasteiger charge is -2.34. The number of hydrogen-bond acceptors (Lipinski definition) is 7. The number of piperidine rings is 1. The van der Waals surface area contributed by atoms with Crippen molar-refractivity contribution in [3.63, 3.8) is 0 Å². The Bertz CT molecular complexity index is 1050. The minimum Gasteiger partial charge on any atom is -0.494 e. The molecule has 0 radical (unpaired) electrons. The molecule has 3 fully saturated rings. The Labute approximate surface area is 212 Å². The van der Waals surface area contributed by atoms with E-state index in [9.17, 15) is 4.79 Å². The molecule has 190 valence electrons. The molecule has 0 spiro atoms. The van der Waals surface area contributed by atoms with Gasteiger partial charge in [0.2, 0.25) is 5.91 Å². The Morgan fingerprint density at radius 3 is 2.69 bits per heavy atom. The van der Waals surface area contributed by atoms with E-state index in [0.717, 1.165) is 75.4 Å². The highest BCUT2D eigenvalue weighted by Gasteiger charge is 2.55. The van der Waals surface area contributed by atoms with Crippen LogP contribution in [0, 0.1) is 11.8 Å². The van der Waals surface area contributed by atoms with Gasteiger partial charge in [-0.25, -0.2) is 0 Å². The molecule has 2 unspecified atom stereocenters. The smallest absolute Gasteiger partial charge is 0.324 e. The molecule has 9 heteroatoms. The Balaban J connectivity index is 1.05. The van der Waals surface area contributed by atoms with Crippen LogP contribution in [0.5, 0.6) is 5.75 Å². The number of benzene rings is 1. The SMILES string of the molecule is CC(C)c1noc(N2CCC(C3(N)CC3CCOc3ccc(CC(=O)N4CCC4)c(Cl)c3)CC2)n1. The number of anilines is 1. The summed E-state index contributed by atoms with van der Waals surface area (Å²) in [5.41, 5.74) is 7.58. The average Bonchev–Trinajstić information content (AvgIpc) is 3.22. The van der Waals surface area contributed by atoms with Gasteiger partial charge in [0.1, 0.15) is 5.75 Å². The molecule has 2 aliphatic heterocycles. The molecule has 35 heavy (non-hydrogen) atoms. The Hall–Kier alpha value is -2.32. The highest BCUT2D eigenvalue weighted by atomic mass is 35.5. The summed E-state index contributed by atoms with van der Waals surface area (Å²) >= 11 is 6.42. The molecule has 8 nitrogen and oxygen atoms in total. The Morgan fingerprint density at radius 2 is 2.06 bits per heavy atom. The van der Waals surface area contributed by atoms with Crippen LogP contribution in [0.25, 0.3) is 0 Å². The van der Waals surface area contributed by atoms with Crippen molar-refractivity contribution in [1.29, 1.82) is 0 Å². The molecule has 3 aliphatic rings. The molecule has 3 heterocycles. The van der Waals surface area contributed by atoms with Gasteiger partial charge in [-0.2, -0.15) is 4.98 Å². The summed E-state index contributed by atoms with van der Waals surface area (Å²) in [7, 11) is 0. The fourth-order valence-corrected chi connectivity index (χ4v) is 5.59. The number of carbonyl (C=O) groups is 1. The average molecular weight is 502 g/mol. The van der Waals surface area contributed by atoms with Crippen LogP contribution in [-0.2, 0) is 11.2 Å². The molecule has 2 atom stereocenters. The first-order valence-corrected chi connectivity index (χ1v) is 13.3. The number of nitrogens with two attached hydrogens (primary N) is 1. The van der Waals surface area contributed by atoms with Gasteiger partial charge in [0.05, 0.1) is 13.0 Å². The van der Waals surface area contributed by atoms with Crippen LogP contribution in [0.3, 0.4) is 0 Å². The predicted molar refractivity (Wildman–Crippen MR) is 135 cm³/mol. The van der Waals surface area contributed by atoms with E-state index in [0.29, 0.717) is 35.9 Å². The van der Waals surface area contributed by atoms with Gasteiger partial charge in [0, 0.05) is 42.7 Å². The normalized spacial score (nSPS) is 24.5. The number of rotatable bonds is 9. The third-order valence-electron chi connectivity index (χ3n) is 7.98. The summed E-state index contributed by atoms with van der Waals surface area (Å²) in [4.78, 5) is 20.8. The Kier molecular flexibility index (Phi) is 6.95. The lowest BCUT2D eigenvalue weighted by atomic mass is 9.86. The van der Waals surface area contributed by atoms with Gasteiger partial charge >= 0.3 is 6.01 Å². The molecule has 1 amide bonds. The van der Waals surface area contributed by atoms with E-state index in [2.05, 4.69) is 28.9 Å². The molecule has 0 bridgehead atoms. The summed E-state index contributed by atoms with van der Waals surface area (Å²) in [6, 6.07) is 6.26. The van der Waals surface area contributed by atoms with Crippen molar-refractivity contribution in [1.82, 2.24) is 15.0 Å². The van der Waals surface area contributed by atoms with Crippen molar-refractivity contribution in [3.8, 4) is 5.75 Å². The van der Waals surface area contributed by atoms with Crippen LogP contribution >= 0.6 is 11.6 Å². The number of ether oxygens (including phenoxy) is 1. The molecule has 2 N–H and O–H groups in total. The number of halogens is 1. The molecule has 1 saturated carbocycles. The number of carbonyl (C=O) groups excluding carboxylic acids is 1. The van der Waals surface area contributed by atoms with Crippen LogP contribution < -0.4 is 15.4 Å². The van der Waals surface area contributed by atoms with Gasteiger partial charge < -0.3 is 24.8 Å². The number of amides is 1. The number of hydrogen-bond donors (Lipinski definition) is 1. The molecule has 1 aliphatic carbocycles. The zero-order chi connectivity index (χ0) is 24.6. The fraction of sp³-hybridized carbons (Fsp3) is 0.654. The monoisotopic (exact) mass is 501 g/mol. The van der Waals surface area contributed by atoms with Crippen molar-refractivity contribution >= 4 is 23.5 Å². The lowest BCUT2D eigenvalue weighted by Crippen LogP contribution is -2.44. The van der Waals surface area contributed by atoms with Gasteiger partial charge in [0.25, 0.3) is 0 Å². The quantitative estimate of drug-likeness (QED) is 0.554.